The first-order valence-electron chi connectivity index (χ1n) is 8.05. The Morgan fingerprint density at radius 3 is 1.90 bits per heavy atom. The van der Waals surface area contributed by atoms with E-state index in [0.717, 1.165) is 19.3 Å². The number of ether oxygens (including phenoxy) is 3. The smallest absolute Gasteiger partial charge is 0.271 e. The van der Waals surface area contributed by atoms with Crippen LogP contribution in [0.25, 0.3) is 0 Å². The van der Waals surface area contributed by atoms with E-state index >= 15 is 0 Å². The van der Waals surface area contributed by atoms with Crippen LogP contribution in [-0.4, -0.2) is 32.7 Å². The average Bonchev–Trinajstić information content (AvgIpc) is 2.48. The fourth-order valence-electron chi connectivity index (χ4n) is 2.28. The second-order valence-electron chi connectivity index (χ2n) is 5.26. The van der Waals surface area contributed by atoms with Gasteiger partial charge in [-0.05, 0) is 19.3 Å². The van der Waals surface area contributed by atoms with Crippen LogP contribution in [0.4, 0.5) is 0 Å². The van der Waals surface area contributed by atoms with Crippen LogP contribution in [0.1, 0.15) is 71.1 Å². The zero-order chi connectivity index (χ0) is 15.1. The van der Waals surface area contributed by atoms with Gasteiger partial charge in [-0.15, -0.1) is 11.6 Å². The van der Waals surface area contributed by atoms with E-state index in [2.05, 4.69) is 6.92 Å². The van der Waals surface area contributed by atoms with E-state index in [1.54, 1.807) is 14.2 Å². The number of unbranched alkanes of at least 4 members (excludes halogenated alkanes) is 6. The highest BCUT2D eigenvalue weighted by molar-refractivity contribution is 6.17. The molecule has 0 N–H and O–H groups in total. The van der Waals surface area contributed by atoms with Gasteiger partial charge in [-0.3, -0.25) is 0 Å². The molecule has 0 rings (SSSR count). The van der Waals surface area contributed by atoms with Gasteiger partial charge in [0.1, 0.15) is 0 Å². The Bertz CT molecular complexity index is 187. The molecule has 122 valence electrons. The van der Waals surface area contributed by atoms with Crippen LogP contribution in [0.3, 0.4) is 0 Å². The van der Waals surface area contributed by atoms with Crippen LogP contribution < -0.4 is 0 Å². The van der Waals surface area contributed by atoms with Gasteiger partial charge < -0.3 is 14.2 Å². The highest BCUT2D eigenvalue weighted by Crippen LogP contribution is 2.16. The van der Waals surface area contributed by atoms with Crippen molar-refractivity contribution in [2.75, 3.05) is 20.1 Å². The van der Waals surface area contributed by atoms with E-state index in [-0.39, 0.29) is 6.10 Å². The molecule has 0 heterocycles. The Kier molecular flexibility index (Phi) is 15.7. The lowest BCUT2D eigenvalue weighted by Gasteiger charge is -2.22. The molecule has 0 spiro atoms. The van der Waals surface area contributed by atoms with Crippen molar-refractivity contribution >= 4 is 11.6 Å². The molecule has 0 radical (unpaired) electrons. The Hall–Kier alpha value is 0.170. The molecule has 3 nitrogen and oxygen atoms in total. The first-order valence-corrected chi connectivity index (χ1v) is 8.58. The molecule has 4 heteroatoms. The maximum Gasteiger partial charge on any atom is 0.271 e. The first-order chi connectivity index (χ1) is 9.78. The van der Waals surface area contributed by atoms with E-state index in [9.17, 15) is 0 Å². The van der Waals surface area contributed by atoms with Crippen LogP contribution in [0.2, 0.25) is 0 Å². The number of methoxy groups -OCH3 is 2. The average molecular weight is 309 g/mol. The summed E-state index contributed by atoms with van der Waals surface area (Å²) in [5.41, 5.74) is 0. The summed E-state index contributed by atoms with van der Waals surface area (Å²) in [6.07, 6.45) is 12.4. The van der Waals surface area contributed by atoms with Gasteiger partial charge in [0.15, 0.2) is 0 Å². The van der Waals surface area contributed by atoms with E-state index in [0.29, 0.717) is 5.88 Å². The van der Waals surface area contributed by atoms with Crippen LogP contribution in [-0.2, 0) is 14.2 Å². The summed E-state index contributed by atoms with van der Waals surface area (Å²) in [5.74, 6) is 0.682. The summed E-state index contributed by atoms with van der Waals surface area (Å²) in [4.78, 5) is 0. The molecule has 20 heavy (non-hydrogen) atoms. The van der Waals surface area contributed by atoms with Crippen molar-refractivity contribution in [2.45, 2.75) is 83.7 Å². The van der Waals surface area contributed by atoms with Crippen molar-refractivity contribution in [3.8, 4) is 0 Å². The molecule has 0 saturated heterocycles. The SMILES string of the molecule is CCCCCCCCCC(CCCCl)OC(OC)OC. The topological polar surface area (TPSA) is 27.7 Å². The van der Waals surface area contributed by atoms with E-state index in [4.69, 9.17) is 25.8 Å². The van der Waals surface area contributed by atoms with Crippen LogP contribution in [0, 0.1) is 0 Å². The van der Waals surface area contributed by atoms with Crippen LogP contribution in [0.5, 0.6) is 0 Å². The predicted octanol–water partition coefficient (Wildman–Crippen LogP) is 5.11. The van der Waals surface area contributed by atoms with Crippen molar-refractivity contribution in [1.82, 2.24) is 0 Å². The van der Waals surface area contributed by atoms with Gasteiger partial charge in [0.2, 0.25) is 0 Å². The maximum absolute atomic E-state index is 5.79. The zero-order valence-electron chi connectivity index (χ0n) is 13.5. The van der Waals surface area contributed by atoms with Crippen LogP contribution in [0.15, 0.2) is 0 Å². The van der Waals surface area contributed by atoms with Crippen molar-refractivity contribution in [1.29, 1.82) is 0 Å². The van der Waals surface area contributed by atoms with E-state index in [1.807, 2.05) is 0 Å². The molecule has 0 bridgehead atoms. The minimum absolute atomic E-state index is 0.189. The van der Waals surface area contributed by atoms with Gasteiger partial charge >= 0.3 is 0 Å². The van der Waals surface area contributed by atoms with Crippen LogP contribution >= 0.6 is 11.6 Å². The molecule has 0 aliphatic rings. The second kappa shape index (κ2) is 15.6. The first kappa shape index (κ1) is 20.2. The van der Waals surface area contributed by atoms with Gasteiger partial charge in [-0.1, -0.05) is 51.9 Å². The maximum atomic E-state index is 5.79. The van der Waals surface area contributed by atoms with Crippen molar-refractivity contribution in [3.63, 3.8) is 0 Å². The Labute approximate surface area is 130 Å². The monoisotopic (exact) mass is 308 g/mol. The summed E-state index contributed by atoms with van der Waals surface area (Å²) < 4.78 is 16.0. The molecule has 0 aliphatic carbocycles. The quantitative estimate of drug-likeness (QED) is 0.239. The zero-order valence-corrected chi connectivity index (χ0v) is 14.3. The molecule has 1 unspecified atom stereocenters. The summed E-state index contributed by atoms with van der Waals surface area (Å²) >= 11 is 5.76. The highest BCUT2D eigenvalue weighted by atomic mass is 35.5. The molecule has 0 saturated carbocycles. The van der Waals surface area contributed by atoms with Crippen molar-refractivity contribution < 1.29 is 14.2 Å². The lowest BCUT2D eigenvalue weighted by atomic mass is 10.0. The minimum atomic E-state index is -0.556. The number of halogens is 1. The van der Waals surface area contributed by atoms with Gasteiger partial charge in [0, 0.05) is 20.1 Å². The number of hydrogen-bond acceptors (Lipinski definition) is 3. The lowest BCUT2D eigenvalue weighted by molar-refractivity contribution is -0.285. The Balaban J connectivity index is 3.74. The van der Waals surface area contributed by atoms with Gasteiger partial charge in [0.05, 0.1) is 6.10 Å². The molecule has 0 fully saturated rings. The highest BCUT2D eigenvalue weighted by Gasteiger charge is 2.15. The summed E-state index contributed by atoms with van der Waals surface area (Å²) in [6.45, 7) is 1.70. The number of alkyl halides is 1. The van der Waals surface area contributed by atoms with Gasteiger partial charge in [-0.2, -0.15) is 0 Å². The van der Waals surface area contributed by atoms with Gasteiger partial charge in [0.25, 0.3) is 6.48 Å². The summed E-state index contributed by atoms with van der Waals surface area (Å²) in [5, 5.41) is 0. The molecular formula is C16H33ClO3. The third-order valence-corrected chi connectivity index (χ3v) is 3.75. The molecule has 0 aromatic carbocycles. The standard InChI is InChI=1S/C16H33ClO3/c1-4-5-6-7-8-9-10-12-15(13-11-14-17)20-16(18-2)19-3/h15-16H,4-14H2,1-3H3. The fourth-order valence-corrected chi connectivity index (χ4v) is 2.43. The second-order valence-corrected chi connectivity index (χ2v) is 5.64. The predicted molar refractivity (Wildman–Crippen MR) is 85.2 cm³/mol. The van der Waals surface area contributed by atoms with Gasteiger partial charge in [-0.25, -0.2) is 0 Å². The molecule has 0 aromatic heterocycles. The normalized spacial score (nSPS) is 13.1. The number of hydrogen-bond donors (Lipinski definition) is 0. The van der Waals surface area contributed by atoms with Crippen molar-refractivity contribution in [2.24, 2.45) is 0 Å². The summed E-state index contributed by atoms with van der Waals surface area (Å²) in [6, 6.07) is 0. The molecule has 0 aliphatic heterocycles. The molecule has 0 aromatic rings. The molecular weight excluding hydrogens is 276 g/mol. The van der Waals surface area contributed by atoms with Crippen molar-refractivity contribution in [3.05, 3.63) is 0 Å². The molecule has 0 amide bonds. The summed E-state index contributed by atoms with van der Waals surface area (Å²) in [7, 11) is 3.20. The minimum Gasteiger partial charge on any atom is -0.333 e. The Morgan fingerprint density at radius 2 is 1.35 bits per heavy atom. The molecule has 1 atom stereocenters. The van der Waals surface area contributed by atoms with E-state index in [1.165, 1.54) is 44.9 Å². The Morgan fingerprint density at radius 1 is 0.800 bits per heavy atom. The fraction of sp³-hybridized carbons (Fsp3) is 1.00. The van der Waals surface area contributed by atoms with E-state index < -0.39 is 6.48 Å². The number of rotatable bonds is 15. The largest absolute Gasteiger partial charge is 0.333 e. The third-order valence-electron chi connectivity index (χ3n) is 3.48. The lowest BCUT2D eigenvalue weighted by Crippen LogP contribution is -2.25. The third kappa shape index (κ3) is 12.0.